The summed E-state index contributed by atoms with van der Waals surface area (Å²) in [5.41, 5.74) is 0.603. The first-order valence-electron chi connectivity index (χ1n) is 6.18. The van der Waals surface area contributed by atoms with Crippen LogP contribution in [0.25, 0.3) is 0 Å². The zero-order valence-corrected chi connectivity index (χ0v) is 14.7. The molecule has 19 heavy (non-hydrogen) atoms. The Hall–Kier alpha value is -0.370. The molecular formula is C13H18BrFIN3. The zero-order chi connectivity index (χ0) is 13.0. The minimum atomic E-state index is -0.226. The topological polar surface area (TPSA) is 36.4 Å². The van der Waals surface area contributed by atoms with Crippen molar-refractivity contribution in [3.63, 3.8) is 0 Å². The molecule has 0 unspecified atom stereocenters. The van der Waals surface area contributed by atoms with E-state index in [0.717, 1.165) is 17.0 Å². The lowest BCUT2D eigenvalue weighted by molar-refractivity contribution is 0.609. The molecule has 1 fully saturated rings. The Kier molecular flexibility index (Phi) is 7.06. The summed E-state index contributed by atoms with van der Waals surface area (Å²) < 4.78 is 14.4. The molecule has 0 saturated heterocycles. The first-order chi connectivity index (χ1) is 8.69. The Balaban J connectivity index is 0.00000180. The van der Waals surface area contributed by atoms with Gasteiger partial charge in [0.1, 0.15) is 5.82 Å². The van der Waals surface area contributed by atoms with Crippen molar-refractivity contribution >= 4 is 45.9 Å². The van der Waals surface area contributed by atoms with Gasteiger partial charge in [-0.1, -0.05) is 22.0 Å². The van der Waals surface area contributed by atoms with Crippen LogP contribution in [-0.2, 0) is 6.54 Å². The Bertz CT molecular complexity index is 450. The van der Waals surface area contributed by atoms with Crippen LogP contribution in [0.2, 0.25) is 0 Å². The maximum atomic E-state index is 13.6. The molecule has 0 bridgehead atoms. The maximum Gasteiger partial charge on any atom is 0.191 e. The van der Waals surface area contributed by atoms with Gasteiger partial charge in [0, 0.05) is 22.6 Å². The van der Waals surface area contributed by atoms with Crippen molar-refractivity contribution in [3.8, 4) is 0 Å². The molecule has 1 aromatic carbocycles. The number of nitrogens with one attached hydrogen (secondary N) is 2. The van der Waals surface area contributed by atoms with Gasteiger partial charge in [0.15, 0.2) is 5.96 Å². The van der Waals surface area contributed by atoms with Crippen LogP contribution in [-0.4, -0.2) is 18.5 Å². The molecule has 0 spiro atoms. The third-order valence-corrected chi connectivity index (χ3v) is 3.18. The van der Waals surface area contributed by atoms with E-state index in [9.17, 15) is 4.39 Å². The molecular weight excluding hydrogens is 424 g/mol. The zero-order valence-electron chi connectivity index (χ0n) is 10.7. The molecule has 6 heteroatoms. The van der Waals surface area contributed by atoms with E-state index in [1.165, 1.54) is 18.9 Å². The summed E-state index contributed by atoms with van der Waals surface area (Å²) in [6.07, 6.45) is 2.38. The molecule has 1 aliphatic rings. The Morgan fingerprint density at radius 2 is 2.21 bits per heavy atom. The van der Waals surface area contributed by atoms with Crippen LogP contribution in [0.15, 0.2) is 27.7 Å². The fourth-order valence-electron chi connectivity index (χ4n) is 1.56. The average molecular weight is 442 g/mol. The molecule has 1 aromatic rings. The van der Waals surface area contributed by atoms with Crippen molar-refractivity contribution < 1.29 is 4.39 Å². The van der Waals surface area contributed by atoms with E-state index < -0.39 is 0 Å². The van der Waals surface area contributed by atoms with Crippen LogP contribution >= 0.6 is 39.9 Å². The summed E-state index contributed by atoms with van der Waals surface area (Å²) in [6.45, 7) is 3.17. The van der Waals surface area contributed by atoms with Crippen LogP contribution in [0.4, 0.5) is 4.39 Å². The molecule has 0 aromatic heterocycles. The highest BCUT2D eigenvalue weighted by Crippen LogP contribution is 2.19. The third kappa shape index (κ3) is 5.64. The fourth-order valence-corrected chi connectivity index (χ4v) is 1.89. The standard InChI is InChI=1S/C13H17BrFN3.HI/c1-2-16-13(18-11-5-6-11)17-8-9-3-4-10(14)7-12(9)15;/h3-4,7,11H,2,5-6,8H2,1H3,(H2,16,17,18);1H. The molecule has 0 heterocycles. The SMILES string of the molecule is CCNC(=NCc1ccc(Br)cc1F)NC1CC1.I. The van der Waals surface area contributed by atoms with Gasteiger partial charge in [-0.05, 0) is 31.9 Å². The number of hydrogen-bond donors (Lipinski definition) is 2. The van der Waals surface area contributed by atoms with Gasteiger partial charge in [-0.15, -0.1) is 24.0 Å². The Labute approximate surface area is 138 Å². The van der Waals surface area contributed by atoms with Crippen LogP contribution < -0.4 is 10.6 Å². The van der Waals surface area contributed by atoms with Crippen LogP contribution in [0.3, 0.4) is 0 Å². The van der Waals surface area contributed by atoms with Gasteiger partial charge in [-0.2, -0.15) is 0 Å². The first-order valence-corrected chi connectivity index (χ1v) is 6.97. The number of guanidine groups is 1. The van der Waals surface area contributed by atoms with Crippen LogP contribution in [0.5, 0.6) is 0 Å². The number of halogens is 3. The maximum absolute atomic E-state index is 13.6. The predicted octanol–water partition coefficient (Wildman–Crippen LogP) is 3.42. The molecule has 0 atom stereocenters. The van der Waals surface area contributed by atoms with Crippen LogP contribution in [0, 0.1) is 5.82 Å². The summed E-state index contributed by atoms with van der Waals surface area (Å²) in [5.74, 6) is 0.540. The summed E-state index contributed by atoms with van der Waals surface area (Å²) in [6, 6.07) is 5.59. The number of hydrogen-bond acceptors (Lipinski definition) is 1. The number of rotatable bonds is 4. The minimum absolute atomic E-state index is 0. The van der Waals surface area contributed by atoms with E-state index in [1.54, 1.807) is 6.07 Å². The summed E-state index contributed by atoms with van der Waals surface area (Å²) in [5, 5.41) is 6.46. The van der Waals surface area contributed by atoms with E-state index in [4.69, 9.17) is 0 Å². The molecule has 0 amide bonds. The number of nitrogens with zero attached hydrogens (tertiary/aromatic N) is 1. The van der Waals surface area contributed by atoms with Gasteiger partial charge in [0.05, 0.1) is 6.54 Å². The highest BCUT2D eigenvalue weighted by molar-refractivity contribution is 14.0. The highest BCUT2D eigenvalue weighted by Gasteiger charge is 2.22. The molecule has 2 N–H and O–H groups in total. The summed E-state index contributed by atoms with van der Waals surface area (Å²) in [4.78, 5) is 4.39. The van der Waals surface area contributed by atoms with Crippen molar-refractivity contribution in [2.45, 2.75) is 32.4 Å². The summed E-state index contributed by atoms with van der Waals surface area (Å²) in [7, 11) is 0. The Morgan fingerprint density at radius 1 is 1.47 bits per heavy atom. The molecule has 0 radical (unpaired) electrons. The van der Waals surface area contributed by atoms with Crippen molar-refractivity contribution in [1.82, 2.24) is 10.6 Å². The van der Waals surface area contributed by atoms with Gasteiger partial charge in [0.25, 0.3) is 0 Å². The van der Waals surface area contributed by atoms with Gasteiger partial charge in [0.2, 0.25) is 0 Å². The van der Waals surface area contributed by atoms with Gasteiger partial charge < -0.3 is 10.6 Å². The van der Waals surface area contributed by atoms with Crippen molar-refractivity contribution in [3.05, 3.63) is 34.1 Å². The smallest absolute Gasteiger partial charge is 0.191 e. The number of aliphatic imine (C=N–C) groups is 1. The van der Waals surface area contributed by atoms with E-state index in [2.05, 4.69) is 31.6 Å². The van der Waals surface area contributed by atoms with E-state index >= 15 is 0 Å². The van der Waals surface area contributed by atoms with Crippen molar-refractivity contribution in [2.24, 2.45) is 4.99 Å². The van der Waals surface area contributed by atoms with Gasteiger partial charge in [-0.3, -0.25) is 0 Å². The molecule has 2 rings (SSSR count). The van der Waals surface area contributed by atoms with E-state index in [1.807, 2.05) is 13.0 Å². The second-order valence-corrected chi connectivity index (χ2v) is 5.27. The molecule has 1 saturated carbocycles. The lowest BCUT2D eigenvalue weighted by Gasteiger charge is -2.10. The lowest BCUT2D eigenvalue weighted by atomic mass is 10.2. The molecule has 0 aliphatic heterocycles. The predicted molar refractivity (Wildman–Crippen MR) is 90.5 cm³/mol. The second kappa shape index (κ2) is 8.04. The Morgan fingerprint density at radius 3 is 2.79 bits per heavy atom. The second-order valence-electron chi connectivity index (χ2n) is 4.35. The largest absolute Gasteiger partial charge is 0.357 e. The van der Waals surface area contributed by atoms with E-state index in [-0.39, 0.29) is 29.8 Å². The normalized spacial score (nSPS) is 14.8. The monoisotopic (exact) mass is 441 g/mol. The third-order valence-electron chi connectivity index (χ3n) is 2.69. The van der Waals surface area contributed by atoms with Crippen molar-refractivity contribution in [1.29, 1.82) is 0 Å². The summed E-state index contributed by atoms with van der Waals surface area (Å²) >= 11 is 3.24. The fraction of sp³-hybridized carbons (Fsp3) is 0.462. The minimum Gasteiger partial charge on any atom is -0.357 e. The van der Waals surface area contributed by atoms with Crippen LogP contribution in [0.1, 0.15) is 25.3 Å². The highest BCUT2D eigenvalue weighted by atomic mass is 127. The first kappa shape index (κ1) is 16.7. The lowest BCUT2D eigenvalue weighted by Crippen LogP contribution is -2.38. The van der Waals surface area contributed by atoms with E-state index in [0.29, 0.717) is 18.2 Å². The quantitative estimate of drug-likeness (QED) is 0.426. The van der Waals surface area contributed by atoms with Gasteiger partial charge in [-0.25, -0.2) is 9.38 Å². The van der Waals surface area contributed by atoms with Gasteiger partial charge >= 0.3 is 0 Å². The average Bonchev–Trinajstić information content (AvgIpc) is 3.12. The molecule has 3 nitrogen and oxygen atoms in total. The molecule has 1 aliphatic carbocycles. The number of benzene rings is 1. The van der Waals surface area contributed by atoms with Crippen molar-refractivity contribution in [2.75, 3.05) is 6.54 Å². The molecule has 106 valence electrons.